The molecule has 0 aliphatic carbocycles. The van der Waals surface area contributed by atoms with E-state index in [9.17, 15) is 4.79 Å². The number of anilines is 1. The topological polar surface area (TPSA) is 67.3 Å². The lowest BCUT2D eigenvalue weighted by atomic mass is 10.0. The van der Waals surface area contributed by atoms with Crippen LogP contribution in [0.15, 0.2) is 48.8 Å². The lowest BCUT2D eigenvalue weighted by Crippen LogP contribution is -2.49. The molecule has 1 aliphatic rings. The predicted octanol–water partition coefficient (Wildman–Crippen LogP) is 2.34. The summed E-state index contributed by atoms with van der Waals surface area (Å²) in [6, 6.07) is 11.5. The number of aromatic nitrogens is 2. The second kappa shape index (κ2) is 8.58. The smallest absolute Gasteiger partial charge is 0.254 e. The Hall–Kier alpha value is -2.47. The van der Waals surface area contributed by atoms with Crippen LogP contribution in [0.25, 0.3) is 0 Å². The zero-order valence-electron chi connectivity index (χ0n) is 14.5. The van der Waals surface area contributed by atoms with Gasteiger partial charge in [0.1, 0.15) is 0 Å². The number of rotatable bonds is 6. The van der Waals surface area contributed by atoms with Gasteiger partial charge in [-0.25, -0.2) is 9.97 Å². The molecule has 2 aromatic rings. The summed E-state index contributed by atoms with van der Waals surface area (Å²) in [6.45, 7) is 4.01. The van der Waals surface area contributed by atoms with E-state index in [4.69, 9.17) is 4.74 Å². The highest BCUT2D eigenvalue weighted by atomic mass is 16.5. The van der Waals surface area contributed by atoms with Crippen molar-refractivity contribution < 1.29 is 9.53 Å². The SMILES string of the molecule is CCOC(C(=O)NC1CCCN(c2ncccn2)C1)c1ccccc1. The van der Waals surface area contributed by atoms with E-state index in [2.05, 4.69) is 20.2 Å². The van der Waals surface area contributed by atoms with Crippen molar-refractivity contribution >= 4 is 11.9 Å². The zero-order chi connectivity index (χ0) is 17.5. The van der Waals surface area contributed by atoms with Gasteiger partial charge in [0.25, 0.3) is 5.91 Å². The third-order valence-electron chi connectivity index (χ3n) is 4.28. The largest absolute Gasteiger partial charge is 0.364 e. The number of hydrogen-bond donors (Lipinski definition) is 1. The molecule has 1 fully saturated rings. The highest BCUT2D eigenvalue weighted by molar-refractivity contribution is 5.82. The number of piperidine rings is 1. The molecule has 0 radical (unpaired) electrons. The quantitative estimate of drug-likeness (QED) is 0.874. The number of ether oxygens (including phenoxy) is 1. The van der Waals surface area contributed by atoms with Crippen molar-refractivity contribution in [1.29, 1.82) is 0 Å². The molecule has 1 aliphatic heterocycles. The summed E-state index contributed by atoms with van der Waals surface area (Å²) in [5.74, 6) is 0.625. The van der Waals surface area contributed by atoms with Gasteiger partial charge in [-0.05, 0) is 31.4 Å². The average molecular weight is 340 g/mol. The van der Waals surface area contributed by atoms with Gasteiger partial charge in [0.15, 0.2) is 6.10 Å². The predicted molar refractivity (Wildman–Crippen MR) is 96.2 cm³/mol. The lowest BCUT2D eigenvalue weighted by Gasteiger charge is -2.33. The third-order valence-corrected chi connectivity index (χ3v) is 4.28. The van der Waals surface area contributed by atoms with Gasteiger partial charge in [0.05, 0.1) is 0 Å². The molecule has 2 atom stereocenters. The van der Waals surface area contributed by atoms with Gasteiger partial charge in [-0.1, -0.05) is 30.3 Å². The van der Waals surface area contributed by atoms with Gasteiger partial charge in [0, 0.05) is 38.1 Å². The molecule has 0 bridgehead atoms. The number of carbonyl (C=O) groups excluding carboxylic acids is 1. The molecule has 6 heteroatoms. The summed E-state index contributed by atoms with van der Waals surface area (Å²) in [5, 5.41) is 3.14. The zero-order valence-corrected chi connectivity index (χ0v) is 14.5. The molecule has 1 saturated heterocycles. The monoisotopic (exact) mass is 340 g/mol. The minimum Gasteiger partial charge on any atom is -0.364 e. The van der Waals surface area contributed by atoms with E-state index in [1.165, 1.54) is 0 Å². The van der Waals surface area contributed by atoms with Gasteiger partial charge < -0.3 is 15.0 Å². The van der Waals surface area contributed by atoms with E-state index in [0.29, 0.717) is 19.1 Å². The summed E-state index contributed by atoms with van der Waals surface area (Å²) >= 11 is 0. The van der Waals surface area contributed by atoms with Crippen molar-refractivity contribution in [3.8, 4) is 0 Å². The Kier molecular flexibility index (Phi) is 5.95. The maximum atomic E-state index is 12.8. The minimum atomic E-state index is -0.574. The Morgan fingerprint density at radius 2 is 2.04 bits per heavy atom. The molecule has 0 spiro atoms. The Bertz CT molecular complexity index is 666. The summed E-state index contributed by atoms with van der Waals surface area (Å²) in [6.07, 6.45) is 4.85. The number of carbonyl (C=O) groups is 1. The highest BCUT2D eigenvalue weighted by Crippen LogP contribution is 2.20. The second-order valence-corrected chi connectivity index (χ2v) is 6.09. The number of benzene rings is 1. The van der Waals surface area contributed by atoms with Crippen LogP contribution in [0.2, 0.25) is 0 Å². The van der Waals surface area contributed by atoms with Gasteiger partial charge >= 0.3 is 0 Å². The second-order valence-electron chi connectivity index (χ2n) is 6.09. The van der Waals surface area contributed by atoms with Crippen molar-refractivity contribution in [2.45, 2.75) is 31.9 Å². The van der Waals surface area contributed by atoms with Crippen LogP contribution in [0.5, 0.6) is 0 Å². The first-order chi connectivity index (χ1) is 12.3. The van der Waals surface area contributed by atoms with Crippen LogP contribution in [0, 0.1) is 0 Å². The molecule has 3 rings (SSSR count). The van der Waals surface area contributed by atoms with Crippen LogP contribution in [-0.4, -0.2) is 41.6 Å². The molecular weight excluding hydrogens is 316 g/mol. The molecule has 1 aromatic carbocycles. The first kappa shape index (κ1) is 17.4. The normalized spacial score (nSPS) is 18.6. The van der Waals surface area contributed by atoms with Crippen molar-refractivity contribution in [1.82, 2.24) is 15.3 Å². The van der Waals surface area contributed by atoms with Crippen LogP contribution in [0.3, 0.4) is 0 Å². The molecule has 0 saturated carbocycles. The van der Waals surface area contributed by atoms with E-state index in [1.807, 2.05) is 37.3 Å². The minimum absolute atomic E-state index is 0.0664. The molecule has 2 unspecified atom stereocenters. The summed E-state index contributed by atoms with van der Waals surface area (Å²) in [4.78, 5) is 23.5. The molecule has 2 heterocycles. The van der Waals surface area contributed by atoms with Gasteiger partial charge in [0.2, 0.25) is 5.95 Å². The molecular formula is C19H24N4O2. The fourth-order valence-corrected chi connectivity index (χ4v) is 3.13. The standard InChI is InChI=1S/C19H24N4O2/c1-2-25-17(15-8-4-3-5-9-15)18(24)22-16-10-6-13-23(14-16)19-20-11-7-12-21-19/h3-5,7-9,11-12,16-17H,2,6,10,13-14H2,1H3,(H,22,24). The van der Waals surface area contributed by atoms with E-state index in [0.717, 1.165) is 24.9 Å². The van der Waals surface area contributed by atoms with E-state index in [-0.39, 0.29) is 11.9 Å². The first-order valence-corrected chi connectivity index (χ1v) is 8.77. The summed E-state index contributed by atoms with van der Waals surface area (Å²) in [7, 11) is 0. The van der Waals surface area contributed by atoms with Gasteiger partial charge in [-0.2, -0.15) is 0 Å². The van der Waals surface area contributed by atoms with E-state index >= 15 is 0 Å². The van der Waals surface area contributed by atoms with Crippen molar-refractivity contribution in [3.05, 3.63) is 54.4 Å². The maximum absolute atomic E-state index is 12.8. The number of nitrogens with one attached hydrogen (secondary N) is 1. The number of hydrogen-bond acceptors (Lipinski definition) is 5. The first-order valence-electron chi connectivity index (χ1n) is 8.77. The molecule has 1 amide bonds. The number of nitrogens with zero attached hydrogens (tertiary/aromatic N) is 3. The van der Waals surface area contributed by atoms with Crippen LogP contribution in [-0.2, 0) is 9.53 Å². The number of amides is 1. The third kappa shape index (κ3) is 4.54. The summed E-state index contributed by atoms with van der Waals surface area (Å²) < 4.78 is 5.69. The molecule has 25 heavy (non-hydrogen) atoms. The van der Waals surface area contributed by atoms with Crippen molar-refractivity contribution in [2.24, 2.45) is 0 Å². The van der Waals surface area contributed by atoms with Crippen LogP contribution >= 0.6 is 0 Å². The summed E-state index contributed by atoms with van der Waals surface area (Å²) in [5.41, 5.74) is 0.876. The Balaban J connectivity index is 1.64. The molecule has 1 aromatic heterocycles. The van der Waals surface area contributed by atoms with E-state index in [1.54, 1.807) is 18.5 Å². The fraction of sp³-hybridized carbons (Fsp3) is 0.421. The Labute approximate surface area is 148 Å². The van der Waals surface area contributed by atoms with Crippen LogP contribution in [0.4, 0.5) is 5.95 Å². The molecule has 1 N–H and O–H groups in total. The van der Waals surface area contributed by atoms with Crippen LogP contribution < -0.4 is 10.2 Å². The Morgan fingerprint density at radius 1 is 1.28 bits per heavy atom. The Morgan fingerprint density at radius 3 is 2.76 bits per heavy atom. The van der Waals surface area contributed by atoms with Crippen molar-refractivity contribution in [3.63, 3.8) is 0 Å². The highest BCUT2D eigenvalue weighted by Gasteiger charge is 2.27. The maximum Gasteiger partial charge on any atom is 0.254 e. The lowest BCUT2D eigenvalue weighted by molar-refractivity contribution is -0.133. The average Bonchev–Trinajstić information content (AvgIpc) is 2.67. The van der Waals surface area contributed by atoms with Gasteiger partial charge in [-0.15, -0.1) is 0 Å². The van der Waals surface area contributed by atoms with Gasteiger partial charge in [-0.3, -0.25) is 4.79 Å². The van der Waals surface area contributed by atoms with E-state index < -0.39 is 6.10 Å². The van der Waals surface area contributed by atoms with Crippen LogP contribution in [0.1, 0.15) is 31.4 Å². The molecule has 6 nitrogen and oxygen atoms in total. The molecule has 132 valence electrons. The van der Waals surface area contributed by atoms with Crippen molar-refractivity contribution in [2.75, 3.05) is 24.6 Å². The fourth-order valence-electron chi connectivity index (χ4n) is 3.13.